The number of nitrogens with two attached hydrogens (primary N) is 1. The van der Waals surface area contributed by atoms with E-state index in [9.17, 15) is 0 Å². The zero-order valence-corrected chi connectivity index (χ0v) is 8.10. The summed E-state index contributed by atoms with van der Waals surface area (Å²) in [5, 5.41) is 3.29. The molecule has 0 aromatic heterocycles. The second-order valence-corrected chi connectivity index (χ2v) is 3.86. The molecule has 0 heterocycles. The van der Waals surface area contributed by atoms with E-state index in [-0.39, 0.29) is 5.54 Å². The van der Waals surface area contributed by atoms with E-state index in [1.807, 2.05) is 7.05 Å². The summed E-state index contributed by atoms with van der Waals surface area (Å²) in [5.41, 5.74) is 6.08. The third-order valence-electron chi connectivity index (χ3n) is 2.82. The number of hydrogen-bond donors (Lipinski definition) is 2. The summed E-state index contributed by atoms with van der Waals surface area (Å²) in [7, 11) is 3.74. The first-order valence-electron chi connectivity index (χ1n) is 4.65. The van der Waals surface area contributed by atoms with E-state index in [1.165, 1.54) is 12.8 Å². The molecule has 72 valence electrons. The van der Waals surface area contributed by atoms with Crippen molar-refractivity contribution in [1.29, 1.82) is 0 Å². The van der Waals surface area contributed by atoms with Crippen LogP contribution in [-0.4, -0.2) is 32.3 Å². The van der Waals surface area contributed by atoms with Gasteiger partial charge in [-0.2, -0.15) is 0 Å². The van der Waals surface area contributed by atoms with Gasteiger partial charge in [0.15, 0.2) is 0 Å². The maximum Gasteiger partial charge on any atom is 0.0642 e. The fourth-order valence-corrected chi connectivity index (χ4v) is 1.91. The first kappa shape index (κ1) is 9.96. The minimum Gasteiger partial charge on any atom is -0.383 e. The SMILES string of the molecule is CNC1CCC(N)(COC)CC1. The van der Waals surface area contributed by atoms with Crippen LogP contribution in [0.4, 0.5) is 0 Å². The molecule has 12 heavy (non-hydrogen) atoms. The van der Waals surface area contributed by atoms with Crippen LogP contribution in [0.25, 0.3) is 0 Å². The molecule has 1 rings (SSSR count). The zero-order valence-electron chi connectivity index (χ0n) is 8.10. The smallest absolute Gasteiger partial charge is 0.0642 e. The van der Waals surface area contributed by atoms with Crippen LogP contribution in [0, 0.1) is 0 Å². The van der Waals surface area contributed by atoms with Gasteiger partial charge in [0.25, 0.3) is 0 Å². The highest BCUT2D eigenvalue weighted by atomic mass is 16.5. The molecule has 0 spiro atoms. The van der Waals surface area contributed by atoms with Gasteiger partial charge in [0.05, 0.1) is 6.61 Å². The molecular weight excluding hydrogens is 152 g/mol. The van der Waals surface area contributed by atoms with Crippen LogP contribution in [0.2, 0.25) is 0 Å². The van der Waals surface area contributed by atoms with E-state index < -0.39 is 0 Å². The van der Waals surface area contributed by atoms with Crippen LogP contribution in [0.5, 0.6) is 0 Å². The topological polar surface area (TPSA) is 47.3 Å². The van der Waals surface area contributed by atoms with Gasteiger partial charge < -0.3 is 15.8 Å². The van der Waals surface area contributed by atoms with Crippen LogP contribution < -0.4 is 11.1 Å². The summed E-state index contributed by atoms with van der Waals surface area (Å²) in [5.74, 6) is 0. The lowest BCUT2D eigenvalue weighted by Crippen LogP contribution is -2.49. The highest BCUT2D eigenvalue weighted by Crippen LogP contribution is 2.26. The van der Waals surface area contributed by atoms with E-state index in [2.05, 4.69) is 5.32 Å². The Kier molecular flexibility index (Phi) is 3.50. The minimum atomic E-state index is -0.0535. The predicted octanol–water partition coefficient (Wildman–Crippen LogP) is 0.492. The van der Waals surface area contributed by atoms with Crippen molar-refractivity contribution < 1.29 is 4.74 Å². The molecule has 3 N–H and O–H groups in total. The summed E-state index contributed by atoms with van der Waals surface area (Å²) in [6, 6.07) is 0.665. The molecule has 1 aliphatic carbocycles. The van der Waals surface area contributed by atoms with Gasteiger partial charge in [0.1, 0.15) is 0 Å². The zero-order chi connectivity index (χ0) is 9.03. The molecule has 1 saturated carbocycles. The molecule has 0 atom stereocenters. The summed E-state index contributed by atoms with van der Waals surface area (Å²) in [6.07, 6.45) is 4.51. The Morgan fingerprint density at radius 2 is 2.08 bits per heavy atom. The lowest BCUT2D eigenvalue weighted by molar-refractivity contribution is 0.101. The molecule has 0 aromatic rings. The fraction of sp³-hybridized carbons (Fsp3) is 1.00. The molecule has 0 bridgehead atoms. The third kappa shape index (κ3) is 2.44. The van der Waals surface area contributed by atoms with Crippen molar-refractivity contribution >= 4 is 0 Å². The lowest BCUT2D eigenvalue weighted by atomic mass is 9.81. The summed E-state index contributed by atoms with van der Waals surface area (Å²) in [4.78, 5) is 0. The Labute approximate surface area is 74.7 Å². The molecule has 0 radical (unpaired) electrons. The number of rotatable bonds is 3. The fourth-order valence-electron chi connectivity index (χ4n) is 1.91. The molecule has 3 nitrogen and oxygen atoms in total. The number of ether oxygens (including phenoxy) is 1. The molecule has 0 aromatic carbocycles. The van der Waals surface area contributed by atoms with Crippen LogP contribution in [-0.2, 0) is 4.74 Å². The van der Waals surface area contributed by atoms with Crippen LogP contribution in [0.1, 0.15) is 25.7 Å². The van der Waals surface area contributed by atoms with Crippen LogP contribution in [0.15, 0.2) is 0 Å². The molecule has 1 aliphatic rings. The van der Waals surface area contributed by atoms with Gasteiger partial charge in [0, 0.05) is 18.7 Å². The average molecular weight is 172 g/mol. The maximum absolute atomic E-state index is 6.13. The molecule has 0 unspecified atom stereocenters. The minimum absolute atomic E-state index is 0.0535. The lowest BCUT2D eigenvalue weighted by Gasteiger charge is -2.36. The molecule has 0 amide bonds. The van der Waals surface area contributed by atoms with Gasteiger partial charge >= 0.3 is 0 Å². The number of nitrogens with one attached hydrogen (secondary N) is 1. The molecule has 0 saturated heterocycles. The summed E-state index contributed by atoms with van der Waals surface area (Å²) < 4.78 is 5.11. The Hall–Kier alpha value is -0.120. The Morgan fingerprint density at radius 3 is 2.50 bits per heavy atom. The van der Waals surface area contributed by atoms with E-state index in [0.29, 0.717) is 12.6 Å². The molecule has 3 heteroatoms. The standard InChI is InChI=1S/C9H20N2O/c1-11-8-3-5-9(10,6-4-8)7-12-2/h8,11H,3-7,10H2,1-2H3. The largest absolute Gasteiger partial charge is 0.383 e. The van der Waals surface area contributed by atoms with E-state index in [1.54, 1.807) is 7.11 Å². The van der Waals surface area contributed by atoms with Crippen molar-refractivity contribution in [3.8, 4) is 0 Å². The van der Waals surface area contributed by atoms with Crippen molar-refractivity contribution in [3.63, 3.8) is 0 Å². The van der Waals surface area contributed by atoms with E-state index >= 15 is 0 Å². The summed E-state index contributed by atoms with van der Waals surface area (Å²) >= 11 is 0. The van der Waals surface area contributed by atoms with E-state index in [0.717, 1.165) is 12.8 Å². The third-order valence-corrected chi connectivity index (χ3v) is 2.82. The highest BCUT2D eigenvalue weighted by Gasteiger charge is 2.30. The Bertz CT molecular complexity index is 130. The van der Waals surface area contributed by atoms with Gasteiger partial charge in [-0.15, -0.1) is 0 Å². The molecule has 0 aliphatic heterocycles. The number of methoxy groups -OCH3 is 1. The first-order chi connectivity index (χ1) is 5.70. The van der Waals surface area contributed by atoms with Crippen molar-refractivity contribution in [2.45, 2.75) is 37.3 Å². The Balaban J connectivity index is 2.33. The molecular formula is C9H20N2O. The molecule has 1 fully saturated rings. The highest BCUT2D eigenvalue weighted by molar-refractivity contribution is 4.91. The number of hydrogen-bond acceptors (Lipinski definition) is 3. The van der Waals surface area contributed by atoms with Gasteiger partial charge in [0.2, 0.25) is 0 Å². The first-order valence-corrected chi connectivity index (χ1v) is 4.65. The quantitative estimate of drug-likeness (QED) is 0.651. The Morgan fingerprint density at radius 1 is 1.50 bits per heavy atom. The van der Waals surface area contributed by atoms with Crippen molar-refractivity contribution in [2.24, 2.45) is 5.73 Å². The van der Waals surface area contributed by atoms with Gasteiger partial charge in [-0.05, 0) is 32.7 Å². The van der Waals surface area contributed by atoms with Crippen molar-refractivity contribution in [2.75, 3.05) is 20.8 Å². The van der Waals surface area contributed by atoms with Crippen LogP contribution in [0.3, 0.4) is 0 Å². The second kappa shape index (κ2) is 4.21. The summed E-state index contributed by atoms with van der Waals surface area (Å²) in [6.45, 7) is 0.698. The monoisotopic (exact) mass is 172 g/mol. The second-order valence-electron chi connectivity index (χ2n) is 3.86. The van der Waals surface area contributed by atoms with Gasteiger partial charge in [-0.3, -0.25) is 0 Å². The van der Waals surface area contributed by atoms with Gasteiger partial charge in [-0.1, -0.05) is 0 Å². The maximum atomic E-state index is 6.13. The van der Waals surface area contributed by atoms with E-state index in [4.69, 9.17) is 10.5 Å². The average Bonchev–Trinajstić information content (AvgIpc) is 2.06. The normalized spacial score (nSPS) is 36.8. The van der Waals surface area contributed by atoms with Crippen LogP contribution >= 0.6 is 0 Å². The van der Waals surface area contributed by atoms with Crippen molar-refractivity contribution in [1.82, 2.24) is 5.32 Å². The van der Waals surface area contributed by atoms with Crippen molar-refractivity contribution in [3.05, 3.63) is 0 Å². The van der Waals surface area contributed by atoms with Gasteiger partial charge in [-0.25, -0.2) is 0 Å². The predicted molar refractivity (Wildman–Crippen MR) is 50.1 cm³/mol.